The molecule has 15 heavy (non-hydrogen) atoms. The van der Waals surface area contributed by atoms with Crippen LogP contribution in [0, 0.1) is 0 Å². The molecule has 0 heterocycles. The first-order chi connectivity index (χ1) is 6.96. The Morgan fingerprint density at radius 2 is 2.33 bits per heavy atom. The van der Waals surface area contributed by atoms with Crippen molar-refractivity contribution in [1.29, 1.82) is 0 Å². The summed E-state index contributed by atoms with van der Waals surface area (Å²) < 4.78 is 5.30. The number of ether oxygens (including phenoxy) is 1. The highest BCUT2D eigenvalue weighted by Gasteiger charge is 2.37. The van der Waals surface area contributed by atoms with Crippen molar-refractivity contribution in [2.75, 3.05) is 7.11 Å². The zero-order valence-corrected chi connectivity index (χ0v) is 10.0. The summed E-state index contributed by atoms with van der Waals surface area (Å²) in [7, 11) is 1.52. The lowest BCUT2D eigenvalue weighted by Crippen LogP contribution is -2.39. The van der Waals surface area contributed by atoms with Gasteiger partial charge in [-0.1, -0.05) is 24.3 Å². The molecule has 1 aliphatic rings. The summed E-state index contributed by atoms with van der Waals surface area (Å²) in [6.45, 7) is 7.14. The number of Topliss-reactive ketones (excluding diaryl/α,β-unsaturated/α-hetero) is 1. The van der Waals surface area contributed by atoms with Gasteiger partial charge in [-0.25, -0.2) is 0 Å². The maximum absolute atomic E-state index is 11.6. The molecule has 0 bridgehead atoms. The van der Waals surface area contributed by atoms with Crippen molar-refractivity contribution in [2.24, 2.45) is 0 Å². The van der Waals surface area contributed by atoms with Gasteiger partial charge in [-0.15, -0.1) is 0 Å². The minimum Gasteiger partial charge on any atom is -0.366 e. The smallest absolute Gasteiger partial charge is 0.165 e. The molecule has 0 aliphatic heterocycles. The van der Waals surface area contributed by atoms with E-state index in [0.717, 1.165) is 11.1 Å². The van der Waals surface area contributed by atoms with Gasteiger partial charge in [0.05, 0.1) is 0 Å². The number of halogens is 1. The Kier molecular flexibility index (Phi) is 3.53. The molecule has 1 atom stereocenters. The molecule has 0 radical (unpaired) electrons. The number of ketones is 1. The third kappa shape index (κ3) is 2.06. The summed E-state index contributed by atoms with van der Waals surface area (Å²) in [4.78, 5) is 11.6. The summed E-state index contributed by atoms with van der Waals surface area (Å²) in [6, 6.07) is 0. The maximum Gasteiger partial charge on any atom is 0.165 e. The van der Waals surface area contributed by atoms with Crippen LogP contribution in [0.1, 0.15) is 20.3 Å². The number of hydrogen-bond donors (Lipinski definition) is 0. The van der Waals surface area contributed by atoms with E-state index in [1.807, 2.05) is 6.92 Å². The number of carbonyl (C=O) groups excluding carboxylic acids is 1. The number of carbonyl (C=O) groups is 1. The Morgan fingerprint density at radius 1 is 1.73 bits per heavy atom. The van der Waals surface area contributed by atoms with Crippen LogP contribution in [0.15, 0.2) is 34.9 Å². The van der Waals surface area contributed by atoms with Gasteiger partial charge in [-0.05, 0) is 31.1 Å². The summed E-state index contributed by atoms with van der Waals surface area (Å²) in [5, 5.41) is 0.563. The van der Waals surface area contributed by atoms with Crippen molar-refractivity contribution in [3.05, 3.63) is 34.9 Å². The lowest BCUT2D eigenvalue weighted by Gasteiger charge is -2.31. The lowest BCUT2D eigenvalue weighted by molar-refractivity contribution is -0.133. The Bertz CT molecular complexity index is 366. The van der Waals surface area contributed by atoms with Crippen molar-refractivity contribution in [3.63, 3.8) is 0 Å². The van der Waals surface area contributed by atoms with E-state index >= 15 is 0 Å². The van der Waals surface area contributed by atoms with Crippen molar-refractivity contribution in [1.82, 2.24) is 0 Å². The van der Waals surface area contributed by atoms with E-state index in [2.05, 4.69) is 6.58 Å². The highest BCUT2D eigenvalue weighted by molar-refractivity contribution is 6.32. The molecule has 0 aromatic heterocycles. The first kappa shape index (κ1) is 12.2. The third-order valence-electron chi connectivity index (χ3n) is 2.86. The summed E-state index contributed by atoms with van der Waals surface area (Å²) >= 11 is 6.07. The molecule has 0 aromatic rings. The minimum atomic E-state index is -0.917. The predicted octanol–water partition coefficient (Wildman–Crippen LogP) is 2.99. The van der Waals surface area contributed by atoms with Crippen LogP contribution in [0.4, 0.5) is 0 Å². The number of methoxy groups -OCH3 is 1. The fraction of sp³-hybridized carbons (Fsp3) is 0.417. The fourth-order valence-corrected chi connectivity index (χ4v) is 1.96. The predicted molar refractivity (Wildman–Crippen MR) is 61.9 cm³/mol. The highest BCUT2D eigenvalue weighted by atomic mass is 35.5. The van der Waals surface area contributed by atoms with Gasteiger partial charge < -0.3 is 4.74 Å². The standard InChI is InChI=1S/C12H15ClO2/c1-5-10-6-12(15-4,9(3)14)7-11(13)8(10)2/h5,7H,1,6H2,2-4H3. The Morgan fingerprint density at radius 3 is 2.73 bits per heavy atom. The van der Waals surface area contributed by atoms with E-state index in [0.29, 0.717) is 11.5 Å². The van der Waals surface area contributed by atoms with Gasteiger partial charge in [-0.2, -0.15) is 0 Å². The average Bonchev–Trinajstić information content (AvgIpc) is 2.21. The van der Waals surface area contributed by atoms with Gasteiger partial charge in [0.25, 0.3) is 0 Å². The molecule has 0 fully saturated rings. The van der Waals surface area contributed by atoms with Crippen LogP contribution in [0.2, 0.25) is 0 Å². The third-order valence-corrected chi connectivity index (χ3v) is 3.25. The second-order valence-electron chi connectivity index (χ2n) is 3.67. The van der Waals surface area contributed by atoms with E-state index in [9.17, 15) is 4.79 Å². The molecule has 0 spiro atoms. The molecule has 0 N–H and O–H groups in total. The second-order valence-corrected chi connectivity index (χ2v) is 4.08. The van der Waals surface area contributed by atoms with Gasteiger partial charge >= 0.3 is 0 Å². The molecule has 0 aromatic carbocycles. The van der Waals surface area contributed by atoms with Crippen LogP contribution in [0.5, 0.6) is 0 Å². The Balaban J connectivity index is 3.23. The van der Waals surface area contributed by atoms with Gasteiger partial charge in [0.2, 0.25) is 0 Å². The number of rotatable bonds is 3. The normalized spacial score (nSPS) is 26.3. The van der Waals surface area contributed by atoms with E-state index in [1.165, 1.54) is 14.0 Å². The van der Waals surface area contributed by atoms with Crippen LogP contribution in [-0.4, -0.2) is 18.5 Å². The van der Waals surface area contributed by atoms with Crippen LogP contribution < -0.4 is 0 Å². The summed E-state index contributed by atoms with van der Waals surface area (Å²) in [6.07, 6.45) is 3.91. The SMILES string of the molecule is C=CC1=C(C)C(Cl)=CC(OC)(C(C)=O)C1. The quantitative estimate of drug-likeness (QED) is 0.740. The monoisotopic (exact) mass is 226 g/mol. The zero-order chi connectivity index (χ0) is 11.6. The Labute approximate surface area is 95.3 Å². The van der Waals surface area contributed by atoms with Crippen molar-refractivity contribution >= 4 is 17.4 Å². The summed E-state index contributed by atoms with van der Waals surface area (Å²) in [5.41, 5.74) is 1.00. The largest absolute Gasteiger partial charge is 0.366 e. The minimum absolute atomic E-state index is 0.0463. The molecule has 1 rings (SSSR count). The maximum atomic E-state index is 11.6. The van der Waals surface area contributed by atoms with E-state index < -0.39 is 5.60 Å². The number of hydrogen-bond acceptors (Lipinski definition) is 2. The van der Waals surface area contributed by atoms with Crippen molar-refractivity contribution < 1.29 is 9.53 Å². The molecule has 0 amide bonds. The molecule has 0 saturated carbocycles. The first-order valence-corrected chi connectivity index (χ1v) is 5.11. The van der Waals surface area contributed by atoms with E-state index in [1.54, 1.807) is 12.2 Å². The average molecular weight is 227 g/mol. The zero-order valence-electron chi connectivity index (χ0n) is 9.26. The van der Waals surface area contributed by atoms with Gasteiger partial charge in [0, 0.05) is 18.6 Å². The molecule has 82 valence electrons. The lowest BCUT2D eigenvalue weighted by atomic mass is 9.83. The first-order valence-electron chi connectivity index (χ1n) is 4.74. The summed E-state index contributed by atoms with van der Waals surface area (Å²) in [5.74, 6) is -0.0463. The Hall–Kier alpha value is -0.860. The molecular formula is C12H15ClO2. The van der Waals surface area contributed by atoms with Gasteiger partial charge in [0.1, 0.15) is 5.60 Å². The van der Waals surface area contributed by atoms with Crippen LogP contribution in [0.25, 0.3) is 0 Å². The second kappa shape index (κ2) is 4.33. The highest BCUT2D eigenvalue weighted by Crippen LogP contribution is 2.36. The van der Waals surface area contributed by atoms with Crippen LogP contribution in [0.3, 0.4) is 0 Å². The molecule has 0 saturated heterocycles. The van der Waals surface area contributed by atoms with Crippen LogP contribution in [-0.2, 0) is 9.53 Å². The van der Waals surface area contributed by atoms with E-state index in [4.69, 9.17) is 16.3 Å². The van der Waals surface area contributed by atoms with Crippen LogP contribution >= 0.6 is 11.6 Å². The van der Waals surface area contributed by atoms with Gasteiger partial charge in [-0.3, -0.25) is 4.79 Å². The fourth-order valence-electron chi connectivity index (χ4n) is 1.66. The van der Waals surface area contributed by atoms with E-state index in [-0.39, 0.29) is 5.78 Å². The van der Waals surface area contributed by atoms with Gasteiger partial charge in [0.15, 0.2) is 5.78 Å². The molecule has 2 nitrogen and oxygen atoms in total. The molecular weight excluding hydrogens is 212 g/mol. The number of allylic oxidation sites excluding steroid dienone is 3. The molecule has 3 heteroatoms. The van der Waals surface area contributed by atoms with Crippen molar-refractivity contribution in [3.8, 4) is 0 Å². The van der Waals surface area contributed by atoms with Crippen molar-refractivity contribution in [2.45, 2.75) is 25.9 Å². The molecule has 1 unspecified atom stereocenters. The molecule has 1 aliphatic carbocycles. The topological polar surface area (TPSA) is 26.3 Å².